The molecular weight excluding hydrogens is 977 g/mol. The molecule has 0 bridgehead atoms. The van der Waals surface area contributed by atoms with Gasteiger partial charge in [0.1, 0.15) is 42.0 Å². The largest absolute Gasteiger partial charge is 0.491 e. The van der Waals surface area contributed by atoms with E-state index in [1.54, 1.807) is 35.0 Å². The minimum atomic E-state index is -2.07. The summed E-state index contributed by atoms with van der Waals surface area (Å²) in [7, 11) is 0. The van der Waals surface area contributed by atoms with E-state index in [9.17, 15) is 5.11 Å². The Hall–Kier alpha value is -9.01. The van der Waals surface area contributed by atoms with Crippen molar-refractivity contribution >= 4 is 67.2 Å². The highest BCUT2D eigenvalue weighted by atomic mass is 32.1. The molecule has 0 saturated carbocycles. The number of urea groups is 1. The van der Waals surface area contributed by atoms with Crippen LogP contribution in [0.3, 0.4) is 0 Å². The Balaban J connectivity index is 1.11. The minimum Gasteiger partial charge on any atom is -0.491 e. The summed E-state index contributed by atoms with van der Waals surface area (Å²) in [6.07, 6.45) is -0.933. The molecule has 3 aliphatic heterocycles. The summed E-state index contributed by atoms with van der Waals surface area (Å²) in [5, 5.41) is 24.7. The predicted molar refractivity (Wildman–Crippen MR) is 287 cm³/mol. The van der Waals surface area contributed by atoms with Crippen LogP contribution >= 0.6 is 11.3 Å². The molecule has 2 fully saturated rings. The summed E-state index contributed by atoms with van der Waals surface area (Å²) >= 11 is 1.26. The molecule has 7 aromatic carbocycles. The normalized spacial score (nSPS) is 21.1. The molecule has 5 heterocycles. The van der Waals surface area contributed by atoms with Gasteiger partial charge < -0.3 is 25.2 Å². The van der Waals surface area contributed by atoms with Crippen LogP contribution in [0.25, 0.3) is 21.3 Å². The Morgan fingerprint density at radius 2 is 1.47 bits per heavy atom. The van der Waals surface area contributed by atoms with Gasteiger partial charge in [0.05, 0.1) is 52.1 Å². The monoisotopic (exact) mass is 1020 g/mol. The van der Waals surface area contributed by atoms with Gasteiger partial charge in [-0.2, -0.15) is 0 Å². The number of anilines is 2. The summed E-state index contributed by atoms with van der Waals surface area (Å²) in [6.45, 7) is 1.82. The van der Waals surface area contributed by atoms with Crippen molar-refractivity contribution in [2.75, 3.05) is 23.4 Å². The number of nitrogens with one attached hydrogen (secondary N) is 2. The van der Waals surface area contributed by atoms with E-state index in [-0.39, 0.29) is 30.6 Å². The highest BCUT2D eigenvalue weighted by Crippen LogP contribution is 2.66. The maximum atomic E-state index is 16.9. The van der Waals surface area contributed by atoms with Gasteiger partial charge in [0.2, 0.25) is 11.8 Å². The molecule has 16 heteroatoms. The van der Waals surface area contributed by atoms with Gasteiger partial charge in [-0.15, -0.1) is 5.10 Å². The quantitative estimate of drug-likeness (QED) is 0.0830. The van der Waals surface area contributed by atoms with Crippen LogP contribution in [0.5, 0.6) is 5.75 Å². The minimum absolute atomic E-state index is 0.0316. The van der Waals surface area contributed by atoms with E-state index in [1.165, 1.54) is 11.3 Å². The number of esters is 1. The molecule has 12 rings (SSSR count). The van der Waals surface area contributed by atoms with E-state index < -0.39 is 65.4 Å². The number of nitrogens with zero attached hydrogens (tertiary/aromatic N) is 6. The first-order chi connectivity index (χ1) is 37.2. The zero-order chi connectivity index (χ0) is 51.9. The Bertz CT molecular complexity index is 3700. The van der Waals surface area contributed by atoms with E-state index >= 15 is 19.2 Å². The molecule has 76 heavy (non-hydrogen) atoms. The second kappa shape index (κ2) is 20.0. The van der Waals surface area contributed by atoms with Crippen molar-refractivity contribution in [1.82, 2.24) is 30.2 Å². The molecule has 0 aliphatic carbocycles. The van der Waals surface area contributed by atoms with Gasteiger partial charge in [-0.25, -0.2) is 19.4 Å². The lowest BCUT2D eigenvalue weighted by molar-refractivity contribution is -0.177. The number of rotatable bonds is 11. The second-order valence-corrected chi connectivity index (χ2v) is 19.9. The van der Waals surface area contributed by atoms with Crippen LogP contribution in [0, 0.1) is 17.8 Å². The molecule has 15 nitrogen and oxygen atoms in total. The van der Waals surface area contributed by atoms with Crippen molar-refractivity contribution in [2.24, 2.45) is 5.92 Å². The van der Waals surface area contributed by atoms with Gasteiger partial charge in [-0.3, -0.25) is 19.3 Å². The van der Waals surface area contributed by atoms with Crippen LogP contribution in [-0.4, -0.2) is 73.1 Å². The van der Waals surface area contributed by atoms with E-state index in [2.05, 4.69) is 32.8 Å². The molecule has 2 saturated heterocycles. The van der Waals surface area contributed by atoms with Crippen LogP contribution in [-0.2, 0) is 31.1 Å². The summed E-state index contributed by atoms with van der Waals surface area (Å²) in [4.78, 5) is 71.8. The average molecular weight is 1030 g/mol. The third kappa shape index (κ3) is 8.31. The first kappa shape index (κ1) is 48.0. The maximum Gasteiger partial charge on any atom is 0.329 e. The predicted octanol–water partition coefficient (Wildman–Crippen LogP) is 9.24. The van der Waals surface area contributed by atoms with E-state index in [4.69, 9.17) is 14.5 Å². The lowest BCUT2D eigenvalue weighted by atomic mass is 9.65. The van der Waals surface area contributed by atoms with Gasteiger partial charge in [0, 0.05) is 5.56 Å². The van der Waals surface area contributed by atoms with Crippen LogP contribution in [0.4, 0.5) is 15.6 Å². The molecule has 1 spiro atoms. The lowest BCUT2D eigenvalue weighted by Gasteiger charge is -2.46. The molecular formula is C60H48N8O7S. The number of cyclic esters (lactones) is 1. The number of ether oxygens (including phenoxy) is 2. The van der Waals surface area contributed by atoms with Crippen LogP contribution in [0.2, 0.25) is 0 Å². The number of para-hydroxylation sites is 2. The number of aromatic nitrogens is 4. The van der Waals surface area contributed by atoms with Gasteiger partial charge in [0.25, 0.3) is 0 Å². The number of amides is 4. The molecule has 376 valence electrons. The summed E-state index contributed by atoms with van der Waals surface area (Å²) in [6, 6.07) is 51.0. The Morgan fingerprint density at radius 1 is 0.789 bits per heavy atom. The molecule has 0 unspecified atom stereocenters. The molecule has 3 N–H and O–H groups in total. The SMILES string of the molecule is C[C@@H](NC(=O)N1C(=O)[C@@]2(c3cc(C#CCn4nnc5ccccc54)ccc31)[C@H](C(=O)Nc1nc3ccccc3s1)[C@H]1C(=O)O[C@H](c3ccccc3)[C@H](c3ccccc3)N1[C@@H]2c1ccc(OCCO)cc1)c1ccccc1. The number of thiazole rings is 1. The summed E-state index contributed by atoms with van der Waals surface area (Å²) < 4.78 is 15.0. The smallest absolute Gasteiger partial charge is 0.329 e. The standard InChI is InChI=1S/C60H48N8O7S/c1-37(39-17-5-2-6-18-39)61-59(73)67-47-32-27-38(16-15-33-66-48-25-13-11-23-45(48)64-65-66)36-44(47)60(57(67)72)50(55(70)63-58-62-46-24-12-14-26-49(46)76-58)52-56(71)75-53(41-21-9-4-10-22-41)51(40-19-7-3-8-20-40)68(52)54(60)42-28-30-43(31-29-42)74-35-34-69/h2-14,17-32,36-37,50-54,69H,33-35H2,1H3,(H,61,73)(H,62,63,70)/t37-,50+,51+,52+,53-,54-,60+/m1/s1. The molecule has 3 aliphatic rings. The zero-order valence-corrected chi connectivity index (χ0v) is 41.7. The average Bonchev–Trinajstić information content (AvgIpc) is 4.22. The molecule has 0 radical (unpaired) electrons. The van der Waals surface area contributed by atoms with E-state index in [0.29, 0.717) is 33.5 Å². The second-order valence-electron chi connectivity index (χ2n) is 18.9. The number of hydrogen-bond acceptors (Lipinski definition) is 12. The fourth-order valence-electron chi connectivity index (χ4n) is 11.3. The number of hydrogen-bond donors (Lipinski definition) is 3. The van der Waals surface area contributed by atoms with Crippen molar-refractivity contribution in [3.05, 3.63) is 215 Å². The number of fused-ring (bicyclic) bond motifs is 5. The van der Waals surface area contributed by atoms with Crippen molar-refractivity contribution in [2.45, 2.75) is 49.2 Å². The summed E-state index contributed by atoms with van der Waals surface area (Å²) in [5.41, 5.74) is 3.87. The third-order valence-corrected chi connectivity index (χ3v) is 15.5. The number of aliphatic hydroxyl groups excluding tert-OH is 1. The van der Waals surface area contributed by atoms with Crippen LogP contribution in [0.15, 0.2) is 182 Å². The lowest BCUT2D eigenvalue weighted by Crippen LogP contribution is -2.55. The fourth-order valence-corrected chi connectivity index (χ4v) is 12.2. The van der Waals surface area contributed by atoms with Crippen molar-refractivity contribution < 1.29 is 33.8 Å². The first-order valence-electron chi connectivity index (χ1n) is 24.9. The van der Waals surface area contributed by atoms with Gasteiger partial charge in [-0.1, -0.05) is 156 Å². The number of aliphatic hydroxyl groups is 1. The van der Waals surface area contributed by atoms with Gasteiger partial charge >= 0.3 is 12.0 Å². The van der Waals surface area contributed by atoms with Crippen LogP contribution < -0.4 is 20.3 Å². The first-order valence-corrected chi connectivity index (χ1v) is 25.7. The highest BCUT2D eigenvalue weighted by Gasteiger charge is 2.75. The third-order valence-electron chi connectivity index (χ3n) is 14.5. The summed E-state index contributed by atoms with van der Waals surface area (Å²) in [5.74, 6) is 3.24. The Morgan fingerprint density at radius 3 is 2.21 bits per heavy atom. The van der Waals surface area contributed by atoms with Crippen molar-refractivity contribution in [1.29, 1.82) is 0 Å². The van der Waals surface area contributed by atoms with E-state index in [1.807, 2.05) is 163 Å². The van der Waals surface area contributed by atoms with Crippen molar-refractivity contribution in [3.63, 3.8) is 0 Å². The number of morpholine rings is 1. The Labute approximate surface area is 440 Å². The van der Waals surface area contributed by atoms with Crippen LogP contribution in [0.1, 0.15) is 64.5 Å². The van der Waals surface area contributed by atoms with Gasteiger partial charge in [-0.05, 0) is 89.3 Å². The fraction of sp³-hybridized carbons (Fsp3) is 0.183. The topological polar surface area (TPSA) is 181 Å². The number of carbonyl (C=O) groups excluding carboxylic acids is 4. The van der Waals surface area contributed by atoms with E-state index in [0.717, 1.165) is 31.8 Å². The molecule has 7 atom stereocenters. The molecule has 9 aromatic rings. The molecule has 2 aromatic heterocycles. The van der Waals surface area contributed by atoms with Gasteiger partial charge in [0.15, 0.2) is 5.13 Å². The zero-order valence-electron chi connectivity index (χ0n) is 40.9. The number of benzene rings is 7. The highest BCUT2D eigenvalue weighted by molar-refractivity contribution is 7.22. The van der Waals surface area contributed by atoms with Crippen molar-refractivity contribution in [3.8, 4) is 17.6 Å². The Kier molecular flexibility index (Phi) is 12.6. The molecule has 4 amide bonds. The number of carbonyl (C=O) groups is 4. The maximum absolute atomic E-state index is 16.9. The number of imide groups is 1.